The van der Waals surface area contributed by atoms with Gasteiger partial charge in [0.1, 0.15) is 17.0 Å². The number of esters is 1. The molecule has 2 aromatic heterocycles. The van der Waals surface area contributed by atoms with E-state index in [1.54, 1.807) is 44.2 Å². The van der Waals surface area contributed by atoms with Gasteiger partial charge in [0, 0.05) is 34.2 Å². The smallest absolute Gasteiger partial charge is 0.418 e. The summed E-state index contributed by atoms with van der Waals surface area (Å²) in [6, 6.07) is 10.8. The van der Waals surface area contributed by atoms with Crippen LogP contribution in [-0.4, -0.2) is 38.0 Å². The molecular formula is C26H23BrF3N3O5S. The maximum atomic E-state index is 13.8. The lowest BCUT2D eigenvalue weighted by Gasteiger charge is -2.27. The van der Waals surface area contributed by atoms with E-state index in [-0.39, 0.29) is 18.2 Å². The van der Waals surface area contributed by atoms with E-state index in [0.717, 1.165) is 5.56 Å². The highest BCUT2D eigenvalue weighted by molar-refractivity contribution is 9.10. The highest BCUT2D eigenvalue weighted by Gasteiger charge is 2.43. The van der Waals surface area contributed by atoms with Crippen molar-refractivity contribution >= 4 is 45.1 Å². The third kappa shape index (κ3) is 7.63. The number of ether oxygens (including phenoxy) is 1. The van der Waals surface area contributed by atoms with Crippen molar-refractivity contribution in [1.82, 2.24) is 9.97 Å². The predicted octanol–water partition coefficient (Wildman–Crippen LogP) is 6.81. The summed E-state index contributed by atoms with van der Waals surface area (Å²) in [5.41, 5.74) is -3.87. The Balaban J connectivity index is 2.14. The monoisotopic (exact) mass is 625 g/mol. The minimum absolute atomic E-state index is 0.191. The van der Waals surface area contributed by atoms with E-state index in [1.165, 1.54) is 18.0 Å². The lowest BCUT2D eigenvalue weighted by Crippen LogP contribution is -2.36. The standard InChI is InChI=1S/C26H23BrF3N3O5S/c1-4-39-19-11-17(27)14-32-22(19)23(34)20(21-18(33(36)37)10-16(13-31-21)26(28,29)30)24(35)38-25(2,3)12-15-8-6-5-7-9-15/h5-11,13-14,20H,4,12H2,1-3H3. The normalized spacial score (nSPS) is 12.6. The molecule has 0 N–H and O–H groups in total. The first-order chi connectivity index (χ1) is 18.2. The topological polar surface area (TPSA) is 112 Å². The molecule has 3 aromatic rings. The van der Waals surface area contributed by atoms with Crippen LogP contribution in [0.15, 0.2) is 64.2 Å². The summed E-state index contributed by atoms with van der Waals surface area (Å²) >= 11 is 4.50. The Morgan fingerprint density at radius 2 is 1.79 bits per heavy atom. The van der Waals surface area contributed by atoms with E-state index in [2.05, 4.69) is 25.9 Å². The summed E-state index contributed by atoms with van der Waals surface area (Å²) in [5, 5.41) is 11.8. The summed E-state index contributed by atoms with van der Waals surface area (Å²) < 4.78 is 46.1. The first-order valence-electron chi connectivity index (χ1n) is 11.5. The number of hydrogen-bond acceptors (Lipinski definition) is 8. The van der Waals surface area contributed by atoms with Gasteiger partial charge >= 0.3 is 12.1 Å². The summed E-state index contributed by atoms with van der Waals surface area (Å²) in [6.07, 6.45) is -3.05. The van der Waals surface area contributed by atoms with Crippen molar-refractivity contribution in [1.29, 1.82) is 0 Å². The zero-order chi connectivity index (χ0) is 29.0. The van der Waals surface area contributed by atoms with Gasteiger partial charge in [-0.25, -0.2) is 0 Å². The number of nitro groups is 1. The van der Waals surface area contributed by atoms with Crippen molar-refractivity contribution in [3.63, 3.8) is 0 Å². The second kappa shape index (κ2) is 12.2. The maximum Gasteiger partial charge on any atom is 0.418 e. The Morgan fingerprint density at radius 3 is 2.38 bits per heavy atom. The van der Waals surface area contributed by atoms with Gasteiger partial charge in [-0.05, 0) is 47.2 Å². The van der Waals surface area contributed by atoms with Gasteiger partial charge in [0.05, 0.1) is 10.5 Å². The molecule has 0 spiro atoms. The number of nitrogens with zero attached hydrogens (tertiary/aromatic N) is 3. The highest BCUT2D eigenvalue weighted by Crippen LogP contribution is 2.37. The van der Waals surface area contributed by atoms with Gasteiger partial charge in [-0.1, -0.05) is 37.3 Å². The van der Waals surface area contributed by atoms with Crippen LogP contribution in [-0.2, 0) is 22.1 Å². The van der Waals surface area contributed by atoms with Gasteiger partial charge in [-0.2, -0.15) is 13.2 Å². The molecule has 0 aliphatic carbocycles. The van der Waals surface area contributed by atoms with Gasteiger partial charge in [-0.3, -0.25) is 29.7 Å². The van der Waals surface area contributed by atoms with Crippen molar-refractivity contribution in [2.75, 3.05) is 5.75 Å². The zero-order valence-corrected chi connectivity index (χ0v) is 23.4. The molecule has 1 unspecified atom stereocenters. The van der Waals surface area contributed by atoms with Crippen molar-refractivity contribution in [3.05, 3.63) is 92.0 Å². The third-order valence-corrected chi connectivity index (χ3v) is 6.74. The summed E-state index contributed by atoms with van der Waals surface area (Å²) in [4.78, 5) is 46.2. The van der Waals surface area contributed by atoms with Crippen molar-refractivity contribution in [2.45, 2.75) is 49.8 Å². The second-order valence-electron chi connectivity index (χ2n) is 8.96. The fraction of sp³-hybridized carbons (Fsp3) is 0.308. The minimum atomic E-state index is -4.94. The van der Waals surface area contributed by atoms with E-state index >= 15 is 0 Å². The van der Waals surface area contributed by atoms with E-state index in [4.69, 9.17) is 4.74 Å². The van der Waals surface area contributed by atoms with Crippen LogP contribution in [0.1, 0.15) is 54.0 Å². The van der Waals surface area contributed by atoms with Gasteiger partial charge in [-0.15, -0.1) is 11.8 Å². The molecule has 206 valence electrons. The maximum absolute atomic E-state index is 13.8. The quantitative estimate of drug-likeness (QED) is 0.0603. The molecular weight excluding hydrogens is 603 g/mol. The largest absolute Gasteiger partial charge is 0.458 e. The van der Waals surface area contributed by atoms with Crippen LogP contribution in [0.3, 0.4) is 0 Å². The fourth-order valence-corrected chi connectivity index (χ4v) is 5.09. The Morgan fingerprint density at radius 1 is 1.13 bits per heavy atom. The number of halogens is 4. The van der Waals surface area contributed by atoms with Gasteiger partial charge in [0.2, 0.25) is 5.78 Å². The number of pyridine rings is 2. The Bertz CT molecular complexity index is 1390. The predicted molar refractivity (Wildman–Crippen MR) is 142 cm³/mol. The molecule has 0 aliphatic rings. The second-order valence-corrected chi connectivity index (χ2v) is 11.2. The summed E-state index contributed by atoms with van der Waals surface area (Å²) in [6.45, 7) is 4.99. The number of ketones is 1. The Labute approximate surface area is 234 Å². The number of aromatic nitrogens is 2. The molecule has 0 radical (unpaired) electrons. The summed E-state index contributed by atoms with van der Waals surface area (Å²) in [5.74, 6) is -3.72. The number of carbonyl (C=O) groups is 2. The van der Waals surface area contributed by atoms with E-state index in [9.17, 15) is 32.9 Å². The van der Waals surface area contributed by atoms with Gasteiger partial charge in [0.25, 0.3) is 5.69 Å². The molecule has 8 nitrogen and oxygen atoms in total. The van der Waals surface area contributed by atoms with Crippen LogP contribution >= 0.6 is 27.7 Å². The number of carbonyl (C=O) groups excluding carboxylic acids is 2. The average Bonchev–Trinajstić information content (AvgIpc) is 2.83. The number of benzene rings is 1. The molecule has 0 fully saturated rings. The molecule has 39 heavy (non-hydrogen) atoms. The average molecular weight is 626 g/mol. The molecule has 1 atom stereocenters. The van der Waals surface area contributed by atoms with Crippen LogP contribution in [0.5, 0.6) is 0 Å². The highest BCUT2D eigenvalue weighted by atomic mass is 79.9. The Hall–Kier alpha value is -3.32. The van der Waals surface area contributed by atoms with Crippen LogP contribution < -0.4 is 0 Å². The lowest BCUT2D eigenvalue weighted by molar-refractivity contribution is -0.386. The van der Waals surface area contributed by atoms with Crippen LogP contribution in [0, 0.1) is 10.1 Å². The van der Waals surface area contributed by atoms with Crippen molar-refractivity contribution in [3.8, 4) is 0 Å². The number of alkyl halides is 3. The number of thioether (sulfide) groups is 1. The molecule has 0 bridgehead atoms. The summed E-state index contributed by atoms with van der Waals surface area (Å²) in [7, 11) is 0. The Kier molecular flexibility index (Phi) is 9.49. The molecule has 13 heteroatoms. The number of hydrogen-bond donors (Lipinski definition) is 0. The molecule has 0 saturated carbocycles. The molecule has 3 rings (SSSR count). The van der Waals surface area contributed by atoms with E-state index in [1.807, 2.05) is 13.0 Å². The van der Waals surface area contributed by atoms with E-state index < -0.39 is 51.3 Å². The van der Waals surface area contributed by atoms with Crippen LogP contribution in [0.25, 0.3) is 0 Å². The SMILES string of the molecule is CCSc1cc(Br)cnc1C(=O)C(C(=O)OC(C)(C)Cc1ccccc1)c1ncc(C(F)(F)F)cc1[N+](=O)[O-]. The number of rotatable bonds is 10. The van der Waals surface area contributed by atoms with Crippen molar-refractivity contribution in [2.24, 2.45) is 0 Å². The van der Waals surface area contributed by atoms with Crippen LogP contribution in [0.4, 0.5) is 18.9 Å². The molecule has 2 heterocycles. The third-order valence-electron chi connectivity index (χ3n) is 5.39. The minimum Gasteiger partial charge on any atom is -0.458 e. The first kappa shape index (κ1) is 30.2. The molecule has 0 amide bonds. The molecule has 0 saturated heterocycles. The van der Waals surface area contributed by atoms with Gasteiger partial charge < -0.3 is 4.74 Å². The molecule has 0 aliphatic heterocycles. The fourth-order valence-electron chi connectivity index (χ4n) is 3.79. The van der Waals surface area contributed by atoms with E-state index in [0.29, 0.717) is 21.3 Å². The lowest BCUT2D eigenvalue weighted by atomic mass is 9.93. The van der Waals surface area contributed by atoms with Crippen LogP contribution in [0.2, 0.25) is 0 Å². The number of Topliss-reactive ketones (excluding diaryl/α,β-unsaturated/α-hetero) is 1. The zero-order valence-electron chi connectivity index (χ0n) is 21.0. The molecule has 1 aromatic carbocycles. The first-order valence-corrected chi connectivity index (χ1v) is 13.3. The van der Waals surface area contributed by atoms with Crippen molar-refractivity contribution < 1.29 is 32.4 Å². The van der Waals surface area contributed by atoms with Gasteiger partial charge in [0.15, 0.2) is 5.92 Å².